The largest absolute Gasteiger partial charge is 0.357 e. The standard InChI is InChI=1S/C17H25N3/c1-4-14(3)17(5-2)8-10-20(11-9-17)16-7-6-15(12-18)13-19-16/h6-7,13-14H,4-5,8-11H2,1-3H3. The van der Waals surface area contributed by atoms with Crippen molar-refractivity contribution in [1.82, 2.24) is 4.98 Å². The molecule has 1 aliphatic rings. The molecule has 0 bridgehead atoms. The fourth-order valence-corrected chi connectivity index (χ4v) is 3.45. The quantitative estimate of drug-likeness (QED) is 0.831. The molecule has 1 aromatic heterocycles. The van der Waals surface area contributed by atoms with Crippen LogP contribution in [0.4, 0.5) is 5.82 Å². The highest BCUT2D eigenvalue weighted by molar-refractivity contribution is 5.42. The van der Waals surface area contributed by atoms with Crippen LogP contribution in [0.25, 0.3) is 0 Å². The number of nitrogens with zero attached hydrogens (tertiary/aromatic N) is 3. The van der Waals surface area contributed by atoms with Gasteiger partial charge in [0, 0.05) is 19.3 Å². The summed E-state index contributed by atoms with van der Waals surface area (Å²) in [6.07, 6.45) is 6.71. The molecule has 108 valence electrons. The van der Waals surface area contributed by atoms with Gasteiger partial charge in [0.2, 0.25) is 0 Å². The number of aromatic nitrogens is 1. The maximum absolute atomic E-state index is 8.82. The van der Waals surface area contributed by atoms with Crippen molar-refractivity contribution < 1.29 is 0 Å². The van der Waals surface area contributed by atoms with E-state index in [-0.39, 0.29) is 0 Å². The normalized spacial score (nSPS) is 19.4. The highest BCUT2D eigenvalue weighted by Crippen LogP contribution is 2.43. The van der Waals surface area contributed by atoms with Crippen LogP contribution < -0.4 is 4.90 Å². The zero-order valence-corrected chi connectivity index (χ0v) is 12.9. The van der Waals surface area contributed by atoms with Crippen molar-refractivity contribution >= 4 is 5.82 Å². The van der Waals surface area contributed by atoms with Gasteiger partial charge in [-0.15, -0.1) is 0 Å². The van der Waals surface area contributed by atoms with E-state index in [1.807, 2.05) is 12.1 Å². The monoisotopic (exact) mass is 271 g/mol. The topological polar surface area (TPSA) is 39.9 Å². The summed E-state index contributed by atoms with van der Waals surface area (Å²) in [4.78, 5) is 6.77. The number of hydrogen-bond donors (Lipinski definition) is 0. The molecule has 20 heavy (non-hydrogen) atoms. The SMILES string of the molecule is CCC(C)C1(CC)CCN(c2ccc(C#N)cn2)CC1. The average Bonchev–Trinajstić information content (AvgIpc) is 2.54. The number of rotatable bonds is 4. The number of pyridine rings is 1. The minimum atomic E-state index is 0.512. The molecule has 1 aromatic rings. The van der Waals surface area contributed by atoms with Crippen LogP contribution in [0, 0.1) is 22.7 Å². The fraction of sp³-hybridized carbons (Fsp3) is 0.647. The van der Waals surface area contributed by atoms with Gasteiger partial charge in [0.25, 0.3) is 0 Å². The summed E-state index contributed by atoms with van der Waals surface area (Å²) in [5.74, 6) is 1.81. The number of nitriles is 1. The Balaban J connectivity index is 2.04. The van der Waals surface area contributed by atoms with Crippen molar-refractivity contribution in [2.24, 2.45) is 11.3 Å². The van der Waals surface area contributed by atoms with E-state index in [1.165, 1.54) is 25.7 Å². The molecule has 1 unspecified atom stereocenters. The first kappa shape index (κ1) is 14.8. The number of piperidine rings is 1. The van der Waals surface area contributed by atoms with E-state index in [0.717, 1.165) is 24.8 Å². The Morgan fingerprint density at radius 2 is 2.05 bits per heavy atom. The van der Waals surface area contributed by atoms with E-state index >= 15 is 0 Å². The molecule has 1 fully saturated rings. The Kier molecular flexibility index (Phi) is 4.65. The Hall–Kier alpha value is -1.56. The molecular weight excluding hydrogens is 246 g/mol. The molecule has 0 N–H and O–H groups in total. The predicted octanol–water partition coefficient (Wildman–Crippen LogP) is 4.00. The predicted molar refractivity (Wildman–Crippen MR) is 82.6 cm³/mol. The maximum Gasteiger partial charge on any atom is 0.128 e. The summed E-state index contributed by atoms with van der Waals surface area (Å²) in [5, 5.41) is 8.82. The van der Waals surface area contributed by atoms with Crippen LogP contribution in [0.15, 0.2) is 18.3 Å². The molecular formula is C17H25N3. The Morgan fingerprint density at radius 3 is 2.50 bits per heavy atom. The molecule has 2 rings (SSSR count). The van der Waals surface area contributed by atoms with E-state index in [0.29, 0.717) is 11.0 Å². The van der Waals surface area contributed by atoms with Gasteiger partial charge in [-0.05, 0) is 36.3 Å². The molecule has 1 saturated heterocycles. The summed E-state index contributed by atoms with van der Waals surface area (Å²) in [5.41, 5.74) is 1.14. The summed E-state index contributed by atoms with van der Waals surface area (Å²) >= 11 is 0. The van der Waals surface area contributed by atoms with Gasteiger partial charge in [-0.1, -0.05) is 33.6 Å². The molecule has 3 nitrogen and oxygen atoms in total. The minimum absolute atomic E-state index is 0.512. The van der Waals surface area contributed by atoms with Crippen molar-refractivity contribution in [2.75, 3.05) is 18.0 Å². The lowest BCUT2D eigenvalue weighted by Crippen LogP contribution is -2.43. The van der Waals surface area contributed by atoms with Crippen molar-refractivity contribution in [3.05, 3.63) is 23.9 Å². The Bertz CT molecular complexity index is 464. The lowest BCUT2D eigenvalue weighted by atomic mass is 9.67. The Labute approximate surface area is 122 Å². The van der Waals surface area contributed by atoms with Crippen LogP contribution in [0.2, 0.25) is 0 Å². The van der Waals surface area contributed by atoms with Crippen LogP contribution in [-0.2, 0) is 0 Å². The first-order valence-electron chi connectivity index (χ1n) is 7.76. The second-order valence-corrected chi connectivity index (χ2v) is 6.03. The zero-order chi connectivity index (χ0) is 14.6. The second-order valence-electron chi connectivity index (χ2n) is 6.03. The third kappa shape index (κ3) is 2.80. The van der Waals surface area contributed by atoms with Crippen LogP contribution in [-0.4, -0.2) is 18.1 Å². The molecule has 0 spiro atoms. The maximum atomic E-state index is 8.82. The Morgan fingerprint density at radius 1 is 1.35 bits per heavy atom. The highest BCUT2D eigenvalue weighted by Gasteiger charge is 2.37. The average molecular weight is 271 g/mol. The zero-order valence-electron chi connectivity index (χ0n) is 12.9. The van der Waals surface area contributed by atoms with Gasteiger partial charge < -0.3 is 4.90 Å². The number of hydrogen-bond acceptors (Lipinski definition) is 3. The molecule has 1 aliphatic heterocycles. The molecule has 0 amide bonds. The van der Waals surface area contributed by atoms with Gasteiger partial charge in [-0.3, -0.25) is 0 Å². The van der Waals surface area contributed by atoms with Crippen LogP contribution >= 0.6 is 0 Å². The lowest BCUT2D eigenvalue weighted by molar-refractivity contribution is 0.117. The van der Waals surface area contributed by atoms with Crippen molar-refractivity contribution in [2.45, 2.75) is 46.5 Å². The minimum Gasteiger partial charge on any atom is -0.357 e. The van der Waals surface area contributed by atoms with Gasteiger partial charge in [-0.2, -0.15) is 5.26 Å². The molecule has 0 aliphatic carbocycles. The molecule has 0 saturated carbocycles. The van der Waals surface area contributed by atoms with E-state index in [9.17, 15) is 0 Å². The molecule has 0 radical (unpaired) electrons. The van der Waals surface area contributed by atoms with Gasteiger partial charge >= 0.3 is 0 Å². The van der Waals surface area contributed by atoms with Crippen molar-refractivity contribution in [3.63, 3.8) is 0 Å². The lowest BCUT2D eigenvalue weighted by Gasteiger charge is -2.45. The van der Waals surface area contributed by atoms with Crippen LogP contribution in [0.1, 0.15) is 52.0 Å². The van der Waals surface area contributed by atoms with Crippen molar-refractivity contribution in [1.29, 1.82) is 5.26 Å². The van der Waals surface area contributed by atoms with Crippen molar-refractivity contribution in [3.8, 4) is 6.07 Å². The van der Waals surface area contributed by atoms with Gasteiger partial charge in [0.1, 0.15) is 11.9 Å². The van der Waals surface area contributed by atoms with Gasteiger partial charge in [0.15, 0.2) is 0 Å². The fourth-order valence-electron chi connectivity index (χ4n) is 3.45. The molecule has 1 atom stereocenters. The summed E-state index contributed by atoms with van der Waals surface area (Å²) in [6, 6.07) is 5.95. The molecule has 2 heterocycles. The van der Waals surface area contributed by atoms with Crippen LogP contribution in [0.3, 0.4) is 0 Å². The van der Waals surface area contributed by atoms with E-state index in [2.05, 4.69) is 36.7 Å². The van der Waals surface area contributed by atoms with Gasteiger partial charge in [0.05, 0.1) is 5.56 Å². The summed E-state index contributed by atoms with van der Waals surface area (Å²) < 4.78 is 0. The van der Waals surface area contributed by atoms with E-state index in [1.54, 1.807) is 6.20 Å². The van der Waals surface area contributed by atoms with Gasteiger partial charge in [-0.25, -0.2) is 4.98 Å². The van der Waals surface area contributed by atoms with E-state index < -0.39 is 0 Å². The first-order valence-corrected chi connectivity index (χ1v) is 7.76. The smallest absolute Gasteiger partial charge is 0.128 e. The highest BCUT2D eigenvalue weighted by atomic mass is 15.2. The summed E-state index contributed by atoms with van der Waals surface area (Å²) in [7, 11) is 0. The number of anilines is 1. The molecule has 3 heteroatoms. The molecule has 0 aromatic carbocycles. The summed E-state index contributed by atoms with van der Waals surface area (Å²) in [6.45, 7) is 9.20. The second kappa shape index (κ2) is 6.26. The third-order valence-corrected chi connectivity index (χ3v) is 5.32. The first-order chi connectivity index (χ1) is 9.65. The van der Waals surface area contributed by atoms with E-state index in [4.69, 9.17) is 5.26 Å². The third-order valence-electron chi connectivity index (χ3n) is 5.32. The van der Waals surface area contributed by atoms with Crippen LogP contribution in [0.5, 0.6) is 0 Å².